The molecule has 6 nitrogen and oxygen atoms in total. The van der Waals surface area contributed by atoms with Crippen LogP contribution in [0.25, 0.3) is 10.8 Å². The average molecular weight is 362 g/mol. The summed E-state index contributed by atoms with van der Waals surface area (Å²) in [6.07, 6.45) is 1.80. The number of carbonyl (C=O) groups is 1. The molecule has 1 heterocycles. The van der Waals surface area contributed by atoms with Gasteiger partial charge in [-0.15, -0.1) is 0 Å². The van der Waals surface area contributed by atoms with Gasteiger partial charge in [0.25, 0.3) is 0 Å². The Morgan fingerprint density at radius 1 is 1.15 bits per heavy atom. The second-order valence-corrected chi connectivity index (χ2v) is 6.06. The second kappa shape index (κ2) is 7.37. The predicted molar refractivity (Wildman–Crippen MR) is 103 cm³/mol. The Kier molecular flexibility index (Phi) is 4.61. The van der Waals surface area contributed by atoms with E-state index in [9.17, 15) is 4.79 Å². The summed E-state index contributed by atoms with van der Waals surface area (Å²) in [5.74, 6) is 1.83. The normalized spacial score (nSPS) is 12.5. The van der Waals surface area contributed by atoms with Gasteiger partial charge in [-0.2, -0.15) is 5.10 Å². The van der Waals surface area contributed by atoms with Crippen LogP contribution in [0.4, 0.5) is 0 Å². The Bertz CT molecular complexity index is 1030. The molecule has 6 heteroatoms. The van der Waals surface area contributed by atoms with Crippen molar-refractivity contribution in [2.45, 2.75) is 6.42 Å². The fourth-order valence-electron chi connectivity index (χ4n) is 3.03. The maximum atomic E-state index is 12.2. The number of nitrogens with zero attached hydrogens (tertiary/aromatic N) is 1. The molecule has 0 aromatic heterocycles. The first-order valence-electron chi connectivity index (χ1n) is 8.51. The Morgan fingerprint density at radius 2 is 2.00 bits per heavy atom. The van der Waals surface area contributed by atoms with Crippen LogP contribution >= 0.6 is 0 Å². The lowest BCUT2D eigenvalue weighted by Crippen LogP contribution is -2.19. The maximum absolute atomic E-state index is 12.2. The molecule has 0 saturated carbocycles. The third kappa shape index (κ3) is 3.55. The Balaban J connectivity index is 1.47. The predicted octanol–water partition coefficient (Wildman–Crippen LogP) is 3.27. The molecule has 0 radical (unpaired) electrons. The number of hydrogen-bond donors (Lipinski definition) is 1. The maximum Gasteiger partial charge on any atom is 0.244 e. The number of fused-ring (bicyclic) bond motifs is 2. The van der Waals surface area contributed by atoms with Crippen LogP contribution in [-0.4, -0.2) is 26.0 Å². The summed E-state index contributed by atoms with van der Waals surface area (Å²) in [4.78, 5) is 12.2. The molecular weight excluding hydrogens is 344 g/mol. The second-order valence-electron chi connectivity index (χ2n) is 6.06. The van der Waals surface area contributed by atoms with E-state index in [-0.39, 0.29) is 19.1 Å². The van der Waals surface area contributed by atoms with Gasteiger partial charge < -0.3 is 14.2 Å². The number of ether oxygens (including phenoxy) is 3. The monoisotopic (exact) mass is 362 g/mol. The number of benzene rings is 3. The van der Waals surface area contributed by atoms with E-state index in [1.807, 2.05) is 42.5 Å². The van der Waals surface area contributed by atoms with E-state index in [0.29, 0.717) is 17.2 Å². The topological polar surface area (TPSA) is 69.2 Å². The molecule has 1 aliphatic rings. The summed E-state index contributed by atoms with van der Waals surface area (Å²) in [7, 11) is 1.61. The molecule has 3 aromatic carbocycles. The molecule has 1 amide bonds. The summed E-state index contributed by atoms with van der Waals surface area (Å²) < 4.78 is 16.0. The van der Waals surface area contributed by atoms with E-state index in [1.54, 1.807) is 25.5 Å². The minimum Gasteiger partial charge on any atom is -0.496 e. The van der Waals surface area contributed by atoms with Crippen LogP contribution in [0.1, 0.15) is 11.1 Å². The van der Waals surface area contributed by atoms with Crippen molar-refractivity contribution in [1.29, 1.82) is 0 Å². The number of hydrogen-bond acceptors (Lipinski definition) is 5. The van der Waals surface area contributed by atoms with Crippen LogP contribution < -0.4 is 19.6 Å². The van der Waals surface area contributed by atoms with Crippen molar-refractivity contribution in [3.63, 3.8) is 0 Å². The van der Waals surface area contributed by atoms with Gasteiger partial charge in [0.1, 0.15) is 5.75 Å². The van der Waals surface area contributed by atoms with Crippen LogP contribution in [0.3, 0.4) is 0 Å². The molecule has 3 aromatic rings. The lowest BCUT2D eigenvalue weighted by atomic mass is 10.0. The van der Waals surface area contributed by atoms with E-state index in [2.05, 4.69) is 10.5 Å². The average Bonchev–Trinajstić information content (AvgIpc) is 3.16. The molecule has 0 unspecified atom stereocenters. The molecule has 0 spiro atoms. The van der Waals surface area contributed by atoms with Crippen LogP contribution in [0.2, 0.25) is 0 Å². The highest BCUT2D eigenvalue weighted by molar-refractivity contribution is 6.02. The number of amides is 1. The van der Waals surface area contributed by atoms with Crippen molar-refractivity contribution in [3.8, 4) is 17.2 Å². The number of carbonyl (C=O) groups excluding carboxylic acids is 1. The van der Waals surface area contributed by atoms with Crippen LogP contribution in [0.5, 0.6) is 17.2 Å². The Morgan fingerprint density at radius 3 is 2.89 bits per heavy atom. The number of hydrazone groups is 1. The largest absolute Gasteiger partial charge is 0.496 e. The molecule has 0 atom stereocenters. The van der Waals surface area contributed by atoms with E-state index in [4.69, 9.17) is 14.2 Å². The summed E-state index contributed by atoms with van der Waals surface area (Å²) in [5, 5.41) is 6.19. The number of rotatable bonds is 5. The van der Waals surface area contributed by atoms with Crippen molar-refractivity contribution < 1.29 is 19.0 Å². The quantitative estimate of drug-likeness (QED) is 0.559. The molecular formula is C21H18N2O4. The first kappa shape index (κ1) is 16.9. The number of nitrogens with one attached hydrogen (secondary N) is 1. The van der Waals surface area contributed by atoms with Crippen molar-refractivity contribution >= 4 is 22.9 Å². The summed E-state index contributed by atoms with van der Waals surface area (Å²) in [5.41, 5.74) is 4.21. The third-order valence-electron chi connectivity index (χ3n) is 4.34. The van der Waals surface area contributed by atoms with E-state index < -0.39 is 0 Å². The highest BCUT2D eigenvalue weighted by atomic mass is 16.7. The highest BCUT2D eigenvalue weighted by Gasteiger charge is 2.14. The van der Waals surface area contributed by atoms with E-state index in [1.165, 1.54) is 0 Å². The van der Waals surface area contributed by atoms with E-state index >= 15 is 0 Å². The Labute approximate surface area is 156 Å². The molecule has 1 aliphatic heterocycles. The number of methoxy groups -OCH3 is 1. The zero-order chi connectivity index (χ0) is 18.6. The van der Waals surface area contributed by atoms with Crippen molar-refractivity contribution in [1.82, 2.24) is 5.43 Å². The van der Waals surface area contributed by atoms with Gasteiger partial charge >= 0.3 is 0 Å². The minimum atomic E-state index is -0.218. The van der Waals surface area contributed by atoms with Gasteiger partial charge in [0, 0.05) is 5.56 Å². The van der Waals surface area contributed by atoms with E-state index in [0.717, 1.165) is 21.9 Å². The molecule has 0 bridgehead atoms. The fourth-order valence-corrected chi connectivity index (χ4v) is 3.03. The van der Waals surface area contributed by atoms with Crippen LogP contribution in [-0.2, 0) is 11.2 Å². The first-order chi connectivity index (χ1) is 13.2. The molecule has 27 heavy (non-hydrogen) atoms. The van der Waals surface area contributed by atoms with Gasteiger partial charge in [0.05, 0.1) is 19.7 Å². The SMILES string of the molecule is COc1ccc2ccccc2c1/C=N/NC(=O)Cc1ccc2c(c1)OCO2. The van der Waals surface area contributed by atoms with Gasteiger partial charge in [-0.25, -0.2) is 5.43 Å². The first-order valence-corrected chi connectivity index (χ1v) is 8.51. The fraction of sp³-hybridized carbons (Fsp3) is 0.143. The van der Waals surface area contributed by atoms with Crippen molar-refractivity contribution in [3.05, 3.63) is 65.7 Å². The van der Waals surface area contributed by atoms with Gasteiger partial charge in [-0.3, -0.25) is 4.79 Å². The summed E-state index contributed by atoms with van der Waals surface area (Å²) in [6.45, 7) is 0.210. The minimum absolute atomic E-state index is 0.195. The lowest BCUT2D eigenvalue weighted by molar-refractivity contribution is -0.120. The standard InChI is InChI=1S/C21H18N2O4/c1-25-18-9-7-15-4-2-3-5-16(15)17(18)12-22-23-21(24)11-14-6-8-19-20(10-14)27-13-26-19/h2-10,12H,11,13H2,1H3,(H,23,24)/b22-12+. The van der Waals surface area contributed by atoms with Crippen LogP contribution in [0, 0.1) is 0 Å². The molecule has 136 valence electrons. The zero-order valence-electron chi connectivity index (χ0n) is 14.8. The van der Waals surface area contributed by atoms with Gasteiger partial charge in [-0.05, 0) is 34.5 Å². The zero-order valence-corrected chi connectivity index (χ0v) is 14.8. The van der Waals surface area contributed by atoms with Crippen LogP contribution in [0.15, 0.2) is 59.7 Å². The molecule has 0 fully saturated rings. The molecule has 1 N–H and O–H groups in total. The molecule has 4 rings (SSSR count). The molecule has 0 aliphatic carbocycles. The van der Waals surface area contributed by atoms with Crippen molar-refractivity contribution in [2.75, 3.05) is 13.9 Å². The van der Waals surface area contributed by atoms with Crippen molar-refractivity contribution in [2.24, 2.45) is 5.10 Å². The van der Waals surface area contributed by atoms with Gasteiger partial charge in [-0.1, -0.05) is 36.4 Å². The smallest absolute Gasteiger partial charge is 0.244 e. The van der Waals surface area contributed by atoms with Gasteiger partial charge in [0.15, 0.2) is 11.5 Å². The molecule has 0 saturated heterocycles. The third-order valence-corrected chi connectivity index (χ3v) is 4.34. The summed E-state index contributed by atoms with van der Waals surface area (Å²) in [6, 6.07) is 17.3. The summed E-state index contributed by atoms with van der Waals surface area (Å²) >= 11 is 0. The Hall–Kier alpha value is -3.54. The highest BCUT2D eigenvalue weighted by Crippen LogP contribution is 2.32. The lowest BCUT2D eigenvalue weighted by Gasteiger charge is -2.08. The van der Waals surface area contributed by atoms with Gasteiger partial charge in [0.2, 0.25) is 12.7 Å².